The van der Waals surface area contributed by atoms with Gasteiger partial charge in [-0.25, -0.2) is 14.6 Å². The number of aromatic nitrogens is 4. The highest BCUT2D eigenvalue weighted by Crippen LogP contribution is 2.26. The summed E-state index contributed by atoms with van der Waals surface area (Å²) in [6.07, 6.45) is 4.89. The Morgan fingerprint density at radius 3 is 2.88 bits per heavy atom. The first kappa shape index (κ1) is 15.3. The molecule has 0 aromatic carbocycles. The van der Waals surface area contributed by atoms with Gasteiger partial charge in [0.2, 0.25) is 0 Å². The summed E-state index contributed by atoms with van der Waals surface area (Å²) in [5, 5.41) is 6.19. The molecule has 3 aromatic heterocycles. The van der Waals surface area contributed by atoms with Gasteiger partial charge in [-0.05, 0) is 18.2 Å². The van der Waals surface area contributed by atoms with Crippen molar-refractivity contribution in [1.82, 2.24) is 30.2 Å². The predicted molar refractivity (Wildman–Crippen MR) is 92.3 cm³/mol. The Hall–Kier alpha value is -3.20. The van der Waals surface area contributed by atoms with Gasteiger partial charge in [0.25, 0.3) is 0 Å². The van der Waals surface area contributed by atoms with Crippen molar-refractivity contribution in [3.63, 3.8) is 0 Å². The van der Waals surface area contributed by atoms with E-state index in [0.29, 0.717) is 36.5 Å². The van der Waals surface area contributed by atoms with E-state index in [-0.39, 0.29) is 17.8 Å². The number of carbonyl (C=O) groups excluding carboxylic acids is 1. The quantitative estimate of drug-likeness (QED) is 0.551. The molecule has 0 aliphatic carbocycles. The Kier molecular flexibility index (Phi) is 3.90. The normalized spacial score (nSPS) is 17.6. The minimum absolute atomic E-state index is 0.194. The molecule has 9 nitrogen and oxygen atoms in total. The summed E-state index contributed by atoms with van der Waals surface area (Å²) in [6.45, 7) is 1.86. The lowest BCUT2D eigenvalue weighted by Gasteiger charge is -2.36. The Bertz CT molecular complexity index is 950. The lowest BCUT2D eigenvalue weighted by atomic mass is 10.0. The van der Waals surface area contributed by atoms with E-state index in [0.717, 1.165) is 5.56 Å². The van der Waals surface area contributed by atoms with Gasteiger partial charge in [-0.2, -0.15) is 0 Å². The van der Waals surface area contributed by atoms with Crippen molar-refractivity contribution in [3.8, 4) is 0 Å². The van der Waals surface area contributed by atoms with Crippen molar-refractivity contribution in [3.05, 3.63) is 52.8 Å². The maximum absolute atomic E-state index is 12.8. The number of piperazine rings is 1. The number of hydrogen-bond acceptors (Lipinski definition) is 5. The van der Waals surface area contributed by atoms with Gasteiger partial charge in [0.05, 0.1) is 11.6 Å². The summed E-state index contributed by atoms with van der Waals surface area (Å²) in [5.41, 5.74) is 2.34. The molecule has 1 fully saturated rings. The van der Waals surface area contributed by atoms with Gasteiger partial charge in [-0.15, -0.1) is 0 Å². The van der Waals surface area contributed by atoms with Crippen LogP contribution < -0.4 is 16.3 Å². The number of carbonyl (C=O) groups is 1. The average molecular weight is 339 g/mol. The molecule has 0 bridgehead atoms. The fraction of sp³-hybridized carbons (Fsp3) is 0.250. The molecule has 4 heterocycles. The Morgan fingerprint density at radius 1 is 1.20 bits per heavy atom. The van der Waals surface area contributed by atoms with E-state index in [2.05, 4.69) is 30.6 Å². The smallest absolute Gasteiger partial charge is 0.315 e. The molecule has 1 unspecified atom stereocenters. The number of H-pyrrole nitrogens is 2. The number of nitrogens with one attached hydrogen (secondary N) is 4. The van der Waals surface area contributed by atoms with E-state index < -0.39 is 0 Å². The zero-order valence-electron chi connectivity index (χ0n) is 13.3. The highest BCUT2D eigenvalue weighted by Gasteiger charge is 2.29. The topological polar surface area (TPSA) is 119 Å². The van der Waals surface area contributed by atoms with Crippen LogP contribution in [-0.4, -0.2) is 50.5 Å². The Labute approximate surface area is 142 Å². The van der Waals surface area contributed by atoms with E-state index in [1.165, 1.54) is 0 Å². The van der Waals surface area contributed by atoms with Crippen molar-refractivity contribution < 1.29 is 4.79 Å². The van der Waals surface area contributed by atoms with Crippen molar-refractivity contribution in [2.24, 2.45) is 0 Å². The molecule has 0 radical (unpaired) electrons. The fourth-order valence-electron chi connectivity index (χ4n) is 3.09. The van der Waals surface area contributed by atoms with Crippen LogP contribution in [-0.2, 0) is 0 Å². The molecule has 2 amide bonds. The third-order valence-electron chi connectivity index (χ3n) is 4.25. The summed E-state index contributed by atoms with van der Waals surface area (Å²) in [4.78, 5) is 39.7. The van der Waals surface area contributed by atoms with Gasteiger partial charge in [-0.1, -0.05) is 0 Å². The average Bonchev–Trinajstić information content (AvgIpc) is 3.02. The van der Waals surface area contributed by atoms with Crippen LogP contribution in [0.5, 0.6) is 0 Å². The minimum atomic E-state index is -0.313. The number of aromatic amines is 2. The summed E-state index contributed by atoms with van der Waals surface area (Å²) in [5.74, 6) is 0. The first-order valence-corrected chi connectivity index (χ1v) is 7.97. The predicted octanol–water partition coefficient (Wildman–Crippen LogP) is 0.825. The van der Waals surface area contributed by atoms with E-state index in [4.69, 9.17) is 0 Å². The summed E-state index contributed by atoms with van der Waals surface area (Å²) in [6, 6.07) is 4.90. The van der Waals surface area contributed by atoms with Crippen molar-refractivity contribution in [1.29, 1.82) is 0 Å². The molecule has 3 aromatic rings. The highest BCUT2D eigenvalue weighted by molar-refractivity contribution is 5.90. The van der Waals surface area contributed by atoms with Crippen LogP contribution in [0.4, 0.5) is 10.5 Å². The zero-order chi connectivity index (χ0) is 17.2. The summed E-state index contributed by atoms with van der Waals surface area (Å²) >= 11 is 0. The maximum atomic E-state index is 12.8. The number of hydrogen-bond donors (Lipinski definition) is 4. The lowest BCUT2D eigenvalue weighted by Crippen LogP contribution is -2.50. The van der Waals surface area contributed by atoms with Gasteiger partial charge in [0.15, 0.2) is 5.65 Å². The zero-order valence-corrected chi connectivity index (χ0v) is 13.3. The number of imidazole rings is 1. The SMILES string of the molecule is O=C(Nc1ccncc1)N1CCNCC1c1ccnc2[nH]c(=O)[nH]c12. The van der Waals surface area contributed by atoms with E-state index >= 15 is 0 Å². The minimum Gasteiger partial charge on any atom is -0.315 e. The number of amides is 2. The molecule has 1 aliphatic rings. The number of rotatable bonds is 2. The molecule has 1 atom stereocenters. The number of urea groups is 1. The van der Waals surface area contributed by atoms with E-state index in [1.54, 1.807) is 35.6 Å². The molecule has 0 saturated carbocycles. The summed E-state index contributed by atoms with van der Waals surface area (Å²) in [7, 11) is 0. The van der Waals surface area contributed by atoms with Crippen molar-refractivity contribution in [2.75, 3.05) is 25.0 Å². The third-order valence-corrected chi connectivity index (χ3v) is 4.25. The molecular formula is C16H17N7O2. The van der Waals surface area contributed by atoms with Gasteiger partial charge < -0.3 is 20.5 Å². The van der Waals surface area contributed by atoms with Crippen LogP contribution in [0, 0.1) is 0 Å². The van der Waals surface area contributed by atoms with Crippen LogP contribution in [0.3, 0.4) is 0 Å². The Morgan fingerprint density at radius 2 is 2.04 bits per heavy atom. The first-order valence-electron chi connectivity index (χ1n) is 7.97. The van der Waals surface area contributed by atoms with Crippen molar-refractivity contribution >= 4 is 22.9 Å². The maximum Gasteiger partial charge on any atom is 0.325 e. The van der Waals surface area contributed by atoms with E-state index in [1.807, 2.05) is 6.07 Å². The van der Waals surface area contributed by atoms with Crippen molar-refractivity contribution in [2.45, 2.75) is 6.04 Å². The first-order chi connectivity index (χ1) is 12.2. The van der Waals surface area contributed by atoms with Gasteiger partial charge in [-0.3, -0.25) is 9.97 Å². The number of pyridine rings is 2. The molecular weight excluding hydrogens is 322 g/mol. The molecule has 9 heteroatoms. The second-order valence-electron chi connectivity index (χ2n) is 5.78. The highest BCUT2D eigenvalue weighted by atomic mass is 16.2. The molecule has 0 spiro atoms. The summed E-state index contributed by atoms with van der Waals surface area (Å²) < 4.78 is 0. The molecule has 1 saturated heterocycles. The van der Waals surface area contributed by atoms with Crippen LogP contribution in [0.25, 0.3) is 11.2 Å². The molecule has 128 valence electrons. The second-order valence-corrected chi connectivity index (χ2v) is 5.78. The Balaban J connectivity index is 1.66. The van der Waals surface area contributed by atoms with Crippen LogP contribution in [0.2, 0.25) is 0 Å². The molecule has 4 N–H and O–H groups in total. The van der Waals surface area contributed by atoms with Gasteiger partial charge in [0, 0.05) is 49.5 Å². The van der Waals surface area contributed by atoms with Crippen LogP contribution in [0.1, 0.15) is 11.6 Å². The standard InChI is InChI=1S/C16H17N7O2/c24-15-21-13-11(3-6-19-14(13)22-15)12-9-18-7-8-23(12)16(25)20-10-1-4-17-5-2-10/h1-6,12,18H,7-9H2,(H,17,20,25)(H2,19,21,22,24). The number of nitrogens with zero attached hydrogens (tertiary/aromatic N) is 3. The van der Waals surface area contributed by atoms with Gasteiger partial charge in [0.1, 0.15) is 0 Å². The fourth-order valence-corrected chi connectivity index (χ4v) is 3.09. The largest absolute Gasteiger partial charge is 0.325 e. The number of fused-ring (bicyclic) bond motifs is 1. The second kappa shape index (κ2) is 6.36. The van der Waals surface area contributed by atoms with Crippen LogP contribution in [0.15, 0.2) is 41.6 Å². The lowest BCUT2D eigenvalue weighted by molar-refractivity contribution is 0.171. The third kappa shape index (κ3) is 2.96. The monoisotopic (exact) mass is 339 g/mol. The number of anilines is 1. The molecule has 25 heavy (non-hydrogen) atoms. The molecule has 4 rings (SSSR count). The van der Waals surface area contributed by atoms with Crippen LogP contribution >= 0.6 is 0 Å². The van der Waals surface area contributed by atoms with Gasteiger partial charge >= 0.3 is 11.7 Å². The van der Waals surface area contributed by atoms with E-state index in [9.17, 15) is 9.59 Å². The molecule has 1 aliphatic heterocycles.